The Balaban J connectivity index is 1.71. The minimum absolute atomic E-state index is 0.0770. The van der Waals surface area contributed by atoms with E-state index in [-0.39, 0.29) is 18.3 Å². The Hall–Kier alpha value is -1.50. The number of pyridine rings is 1. The first-order valence-corrected chi connectivity index (χ1v) is 8.83. The van der Waals surface area contributed by atoms with Gasteiger partial charge in [0.25, 0.3) is 0 Å². The van der Waals surface area contributed by atoms with Crippen LogP contribution in [0.25, 0.3) is 10.9 Å². The van der Waals surface area contributed by atoms with E-state index in [2.05, 4.69) is 15.0 Å². The average molecular weight is 305 g/mol. The molecule has 2 aromatic rings. The van der Waals surface area contributed by atoms with Crippen molar-refractivity contribution in [1.82, 2.24) is 15.0 Å². The number of hydrogen-bond acceptors (Lipinski definition) is 4. The maximum absolute atomic E-state index is 12.1. The zero-order chi connectivity index (χ0) is 14.7. The van der Waals surface area contributed by atoms with Gasteiger partial charge in [-0.3, -0.25) is 4.98 Å². The molecule has 1 atom stereocenters. The van der Waals surface area contributed by atoms with E-state index >= 15 is 0 Å². The number of nitrogens with zero attached hydrogens (tertiary/aromatic N) is 1. The smallest absolute Gasteiger partial charge is 0.213 e. The van der Waals surface area contributed by atoms with Crippen LogP contribution in [0.3, 0.4) is 0 Å². The maximum atomic E-state index is 12.1. The van der Waals surface area contributed by atoms with Crippen molar-refractivity contribution >= 4 is 20.9 Å². The Bertz CT molecular complexity index is 719. The topological polar surface area (TPSA) is 71.1 Å². The van der Waals surface area contributed by atoms with E-state index in [1.54, 1.807) is 6.20 Å². The quantitative estimate of drug-likeness (QED) is 0.876. The molecule has 1 fully saturated rings. The first-order chi connectivity index (χ1) is 10.1. The molecular weight excluding hydrogens is 286 g/mol. The number of para-hydroxylation sites is 1. The lowest BCUT2D eigenvalue weighted by Crippen LogP contribution is -2.36. The molecular formula is C15H19N3O2S. The second kappa shape index (κ2) is 6.09. The van der Waals surface area contributed by atoms with Crippen molar-refractivity contribution in [2.45, 2.75) is 25.4 Å². The third-order valence-electron chi connectivity index (χ3n) is 3.78. The second-order valence-corrected chi connectivity index (χ2v) is 7.24. The number of aromatic nitrogens is 1. The van der Waals surface area contributed by atoms with Crippen LogP contribution in [0.1, 0.15) is 18.4 Å². The number of nitrogens with one attached hydrogen (secondary N) is 2. The van der Waals surface area contributed by atoms with E-state index in [1.165, 1.54) is 0 Å². The van der Waals surface area contributed by atoms with Crippen molar-refractivity contribution in [2.24, 2.45) is 0 Å². The van der Waals surface area contributed by atoms with Gasteiger partial charge in [-0.1, -0.05) is 24.3 Å². The lowest BCUT2D eigenvalue weighted by Gasteiger charge is -2.12. The fourth-order valence-corrected chi connectivity index (χ4v) is 4.03. The molecule has 6 heteroatoms. The molecule has 0 saturated carbocycles. The van der Waals surface area contributed by atoms with Gasteiger partial charge in [-0.05, 0) is 31.0 Å². The van der Waals surface area contributed by atoms with E-state index in [4.69, 9.17) is 0 Å². The summed E-state index contributed by atoms with van der Waals surface area (Å²) in [5, 5.41) is 4.23. The van der Waals surface area contributed by atoms with Crippen LogP contribution in [0.15, 0.2) is 36.5 Å². The summed E-state index contributed by atoms with van der Waals surface area (Å²) in [5.74, 6) is 0.144. The van der Waals surface area contributed by atoms with Crippen LogP contribution >= 0.6 is 0 Å². The van der Waals surface area contributed by atoms with Gasteiger partial charge < -0.3 is 5.32 Å². The minimum atomic E-state index is -3.27. The van der Waals surface area contributed by atoms with E-state index in [1.807, 2.05) is 30.3 Å². The first-order valence-electron chi connectivity index (χ1n) is 7.17. The molecule has 0 spiro atoms. The van der Waals surface area contributed by atoms with Crippen molar-refractivity contribution in [3.63, 3.8) is 0 Å². The SMILES string of the molecule is O=S(=O)(CC1CCCN1)NCc1cccc2cccnc12. The van der Waals surface area contributed by atoms with Gasteiger partial charge in [-0.15, -0.1) is 0 Å². The van der Waals surface area contributed by atoms with Crippen LogP contribution in [-0.4, -0.2) is 31.7 Å². The largest absolute Gasteiger partial charge is 0.313 e. The molecule has 0 radical (unpaired) electrons. The summed E-state index contributed by atoms with van der Waals surface area (Å²) in [7, 11) is -3.27. The van der Waals surface area contributed by atoms with Gasteiger partial charge in [0, 0.05) is 24.2 Å². The van der Waals surface area contributed by atoms with Gasteiger partial charge in [0.1, 0.15) is 0 Å². The number of sulfonamides is 1. The highest BCUT2D eigenvalue weighted by atomic mass is 32.2. The van der Waals surface area contributed by atoms with Gasteiger partial charge in [-0.2, -0.15) is 0 Å². The van der Waals surface area contributed by atoms with Gasteiger partial charge in [0.05, 0.1) is 11.3 Å². The molecule has 2 N–H and O–H groups in total. The molecule has 5 nitrogen and oxygen atoms in total. The van der Waals surface area contributed by atoms with Crippen LogP contribution in [0.2, 0.25) is 0 Å². The van der Waals surface area contributed by atoms with Crippen LogP contribution < -0.4 is 10.0 Å². The zero-order valence-corrected chi connectivity index (χ0v) is 12.6. The van der Waals surface area contributed by atoms with E-state index < -0.39 is 10.0 Å². The molecule has 1 saturated heterocycles. The molecule has 1 aliphatic heterocycles. The Morgan fingerprint density at radius 2 is 2.14 bits per heavy atom. The first kappa shape index (κ1) is 14.4. The lowest BCUT2D eigenvalue weighted by molar-refractivity contribution is 0.563. The Morgan fingerprint density at radius 1 is 1.29 bits per heavy atom. The minimum Gasteiger partial charge on any atom is -0.313 e. The van der Waals surface area contributed by atoms with Crippen LogP contribution in [0.5, 0.6) is 0 Å². The molecule has 0 bridgehead atoms. The van der Waals surface area contributed by atoms with E-state index in [0.717, 1.165) is 35.9 Å². The normalized spacial score (nSPS) is 19.1. The molecule has 1 unspecified atom stereocenters. The Kier molecular flexibility index (Phi) is 4.19. The summed E-state index contributed by atoms with van der Waals surface area (Å²) in [4.78, 5) is 4.34. The van der Waals surface area contributed by atoms with Crippen LogP contribution in [-0.2, 0) is 16.6 Å². The van der Waals surface area contributed by atoms with Crippen molar-refractivity contribution in [3.05, 3.63) is 42.1 Å². The molecule has 1 aliphatic rings. The van der Waals surface area contributed by atoms with Crippen molar-refractivity contribution in [3.8, 4) is 0 Å². The molecule has 3 rings (SSSR count). The molecule has 21 heavy (non-hydrogen) atoms. The Labute approximate surface area is 124 Å². The third kappa shape index (κ3) is 3.58. The lowest BCUT2D eigenvalue weighted by atomic mass is 10.1. The van der Waals surface area contributed by atoms with Gasteiger partial charge in [-0.25, -0.2) is 13.1 Å². The number of benzene rings is 1. The Morgan fingerprint density at radius 3 is 2.95 bits per heavy atom. The highest BCUT2D eigenvalue weighted by molar-refractivity contribution is 7.89. The number of fused-ring (bicyclic) bond motifs is 1. The van der Waals surface area contributed by atoms with Crippen molar-refractivity contribution < 1.29 is 8.42 Å². The molecule has 1 aromatic carbocycles. The summed E-state index contributed by atoms with van der Waals surface area (Å²) < 4.78 is 26.9. The summed E-state index contributed by atoms with van der Waals surface area (Å²) in [6.07, 6.45) is 3.70. The monoisotopic (exact) mass is 305 g/mol. The summed E-state index contributed by atoms with van der Waals surface area (Å²) >= 11 is 0. The molecule has 1 aromatic heterocycles. The molecule has 2 heterocycles. The summed E-state index contributed by atoms with van der Waals surface area (Å²) in [6.45, 7) is 1.19. The molecule has 112 valence electrons. The third-order valence-corrected chi connectivity index (χ3v) is 5.21. The fraction of sp³-hybridized carbons (Fsp3) is 0.400. The zero-order valence-electron chi connectivity index (χ0n) is 11.7. The van der Waals surface area contributed by atoms with Crippen LogP contribution in [0.4, 0.5) is 0 Å². The average Bonchev–Trinajstić information content (AvgIpc) is 2.97. The highest BCUT2D eigenvalue weighted by Crippen LogP contribution is 2.16. The van der Waals surface area contributed by atoms with Gasteiger partial charge in [0.15, 0.2) is 0 Å². The molecule has 0 amide bonds. The second-order valence-electron chi connectivity index (χ2n) is 5.39. The predicted molar refractivity (Wildman–Crippen MR) is 83.4 cm³/mol. The van der Waals surface area contributed by atoms with E-state index in [0.29, 0.717) is 0 Å². The standard InChI is InChI=1S/C15H19N3O2S/c19-21(20,11-14-7-3-8-16-14)18-10-13-5-1-4-12-6-2-9-17-15(12)13/h1-2,4-6,9,14,16,18H,3,7-8,10-11H2. The number of hydrogen-bond donors (Lipinski definition) is 2. The maximum Gasteiger partial charge on any atom is 0.213 e. The molecule has 0 aliphatic carbocycles. The van der Waals surface area contributed by atoms with Crippen LogP contribution in [0, 0.1) is 0 Å². The summed E-state index contributed by atoms with van der Waals surface area (Å²) in [5.41, 5.74) is 1.75. The van der Waals surface area contributed by atoms with Crippen molar-refractivity contribution in [1.29, 1.82) is 0 Å². The van der Waals surface area contributed by atoms with Gasteiger partial charge >= 0.3 is 0 Å². The van der Waals surface area contributed by atoms with E-state index in [9.17, 15) is 8.42 Å². The number of rotatable bonds is 5. The summed E-state index contributed by atoms with van der Waals surface area (Å²) in [6, 6.07) is 9.74. The predicted octanol–water partition coefficient (Wildman–Crippen LogP) is 1.41. The highest BCUT2D eigenvalue weighted by Gasteiger charge is 2.21. The van der Waals surface area contributed by atoms with Crippen molar-refractivity contribution in [2.75, 3.05) is 12.3 Å². The van der Waals surface area contributed by atoms with Gasteiger partial charge in [0.2, 0.25) is 10.0 Å². The fourth-order valence-electron chi connectivity index (χ4n) is 2.72.